The Morgan fingerprint density at radius 2 is 1.67 bits per heavy atom. The number of furan rings is 1. The summed E-state index contributed by atoms with van der Waals surface area (Å²) in [5.41, 5.74) is 0.737. The quantitative estimate of drug-likeness (QED) is 0.849. The molecule has 2 aliphatic rings. The van der Waals surface area contributed by atoms with Crippen LogP contribution in [0, 0.1) is 5.82 Å². The molecule has 2 fully saturated rings. The third kappa shape index (κ3) is 2.83. The molecule has 0 bridgehead atoms. The maximum atomic E-state index is 13.0. The van der Waals surface area contributed by atoms with Crippen LogP contribution in [-0.2, 0) is 9.47 Å². The van der Waals surface area contributed by atoms with Crippen LogP contribution in [0.2, 0.25) is 0 Å². The van der Waals surface area contributed by atoms with Crippen LogP contribution in [0.15, 0.2) is 40.8 Å². The monoisotopic (exact) mass is 331 g/mol. The molecule has 0 saturated carbocycles. The summed E-state index contributed by atoms with van der Waals surface area (Å²) in [4.78, 5) is 14.3. The first-order chi connectivity index (χ1) is 11.7. The van der Waals surface area contributed by atoms with Gasteiger partial charge in [-0.1, -0.05) is 0 Å². The fraction of sp³-hybridized carbons (Fsp3) is 0.389. The number of benzene rings is 1. The van der Waals surface area contributed by atoms with E-state index in [1.807, 2.05) is 0 Å². The zero-order valence-corrected chi connectivity index (χ0v) is 13.2. The molecule has 2 saturated heterocycles. The third-order valence-corrected chi connectivity index (χ3v) is 4.57. The molecule has 1 aromatic carbocycles. The summed E-state index contributed by atoms with van der Waals surface area (Å²) < 4.78 is 30.0. The topological polar surface area (TPSA) is 51.9 Å². The van der Waals surface area contributed by atoms with Crippen LogP contribution >= 0.6 is 0 Å². The predicted octanol–water partition coefficient (Wildman–Crippen LogP) is 3.06. The van der Waals surface area contributed by atoms with Crippen LogP contribution < -0.4 is 0 Å². The van der Waals surface area contributed by atoms with Crippen molar-refractivity contribution in [2.75, 3.05) is 26.3 Å². The van der Waals surface area contributed by atoms with Gasteiger partial charge in [0.15, 0.2) is 11.5 Å². The summed E-state index contributed by atoms with van der Waals surface area (Å²) >= 11 is 0. The summed E-state index contributed by atoms with van der Waals surface area (Å²) in [6.45, 7) is 2.39. The van der Waals surface area contributed by atoms with Gasteiger partial charge >= 0.3 is 0 Å². The molecule has 4 rings (SSSR count). The number of halogens is 1. The van der Waals surface area contributed by atoms with E-state index in [0.717, 1.165) is 5.56 Å². The first-order valence-electron chi connectivity index (χ1n) is 8.08. The molecule has 2 aliphatic heterocycles. The van der Waals surface area contributed by atoms with E-state index in [2.05, 4.69) is 0 Å². The molecular formula is C18H18FNO4. The van der Waals surface area contributed by atoms with Crippen molar-refractivity contribution in [3.63, 3.8) is 0 Å². The van der Waals surface area contributed by atoms with Gasteiger partial charge in [0, 0.05) is 31.5 Å². The first-order valence-corrected chi connectivity index (χ1v) is 8.08. The smallest absolute Gasteiger partial charge is 0.289 e. The molecule has 2 aromatic rings. The van der Waals surface area contributed by atoms with Gasteiger partial charge in [0.2, 0.25) is 0 Å². The number of likely N-dealkylation sites (tertiary alicyclic amines) is 1. The average molecular weight is 331 g/mol. The lowest BCUT2D eigenvalue weighted by atomic mass is 10.0. The molecule has 1 spiro atoms. The highest BCUT2D eigenvalue weighted by atomic mass is 19.1. The van der Waals surface area contributed by atoms with Crippen molar-refractivity contribution in [2.24, 2.45) is 0 Å². The molecule has 3 heterocycles. The van der Waals surface area contributed by atoms with Crippen LogP contribution in [0.3, 0.4) is 0 Å². The van der Waals surface area contributed by atoms with Gasteiger partial charge in [-0.15, -0.1) is 0 Å². The summed E-state index contributed by atoms with van der Waals surface area (Å²) in [6.07, 6.45) is 1.34. The number of ether oxygens (including phenoxy) is 2. The number of rotatable bonds is 2. The van der Waals surface area contributed by atoms with E-state index in [-0.39, 0.29) is 11.7 Å². The summed E-state index contributed by atoms with van der Waals surface area (Å²) in [5.74, 6) is -0.108. The van der Waals surface area contributed by atoms with Gasteiger partial charge in [-0.3, -0.25) is 4.79 Å². The Hall–Kier alpha value is -2.18. The second-order valence-electron chi connectivity index (χ2n) is 6.07. The SMILES string of the molecule is O=C(c1ccc(-c2ccc(F)cc2)o1)N1CCC2(CC1)OCCO2. The Morgan fingerprint density at radius 3 is 2.33 bits per heavy atom. The van der Waals surface area contributed by atoms with Crippen molar-refractivity contribution >= 4 is 5.91 Å². The molecule has 126 valence electrons. The van der Waals surface area contributed by atoms with E-state index in [4.69, 9.17) is 13.9 Å². The van der Waals surface area contributed by atoms with Gasteiger partial charge in [0.1, 0.15) is 11.6 Å². The Kier molecular flexibility index (Phi) is 3.86. The lowest BCUT2D eigenvalue weighted by Gasteiger charge is -2.37. The Balaban J connectivity index is 1.45. The molecule has 0 unspecified atom stereocenters. The number of amides is 1. The third-order valence-electron chi connectivity index (χ3n) is 4.57. The number of carbonyl (C=O) groups excluding carboxylic acids is 1. The molecule has 0 atom stereocenters. The lowest BCUT2D eigenvalue weighted by molar-refractivity contribution is -0.181. The second kappa shape index (κ2) is 6.03. The number of piperidine rings is 1. The first kappa shape index (κ1) is 15.4. The van der Waals surface area contributed by atoms with E-state index >= 15 is 0 Å². The molecule has 6 heteroatoms. The zero-order valence-electron chi connectivity index (χ0n) is 13.2. The molecule has 1 amide bonds. The van der Waals surface area contributed by atoms with Crippen molar-refractivity contribution < 1.29 is 23.1 Å². The minimum Gasteiger partial charge on any atom is -0.451 e. The highest BCUT2D eigenvalue weighted by molar-refractivity contribution is 5.92. The van der Waals surface area contributed by atoms with Gasteiger partial charge in [-0.2, -0.15) is 0 Å². The van der Waals surface area contributed by atoms with Crippen molar-refractivity contribution in [1.29, 1.82) is 0 Å². The van der Waals surface area contributed by atoms with E-state index in [1.165, 1.54) is 12.1 Å². The molecular weight excluding hydrogens is 313 g/mol. The second-order valence-corrected chi connectivity index (χ2v) is 6.07. The minimum absolute atomic E-state index is 0.142. The Bertz CT molecular complexity index is 724. The largest absolute Gasteiger partial charge is 0.451 e. The summed E-state index contributed by atoms with van der Waals surface area (Å²) in [6, 6.07) is 9.38. The zero-order chi connectivity index (χ0) is 16.6. The lowest BCUT2D eigenvalue weighted by Crippen LogP contribution is -2.47. The Morgan fingerprint density at radius 1 is 1.00 bits per heavy atom. The number of nitrogens with zero attached hydrogens (tertiary/aromatic N) is 1. The molecule has 1 aromatic heterocycles. The van der Waals surface area contributed by atoms with Gasteiger partial charge < -0.3 is 18.8 Å². The summed E-state index contributed by atoms with van der Waals surface area (Å²) in [7, 11) is 0. The number of hydrogen-bond donors (Lipinski definition) is 0. The molecule has 0 N–H and O–H groups in total. The fourth-order valence-electron chi connectivity index (χ4n) is 3.21. The van der Waals surface area contributed by atoms with Crippen LogP contribution in [-0.4, -0.2) is 42.9 Å². The maximum absolute atomic E-state index is 13.0. The fourth-order valence-corrected chi connectivity index (χ4v) is 3.21. The number of carbonyl (C=O) groups is 1. The van der Waals surface area contributed by atoms with Gasteiger partial charge in [-0.25, -0.2) is 4.39 Å². The van der Waals surface area contributed by atoms with E-state index in [0.29, 0.717) is 50.7 Å². The van der Waals surface area contributed by atoms with Crippen LogP contribution in [0.5, 0.6) is 0 Å². The number of hydrogen-bond acceptors (Lipinski definition) is 4. The molecule has 24 heavy (non-hydrogen) atoms. The average Bonchev–Trinajstić information content (AvgIpc) is 3.26. The van der Waals surface area contributed by atoms with Gasteiger partial charge in [0.25, 0.3) is 5.91 Å². The van der Waals surface area contributed by atoms with E-state index in [9.17, 15) is 9.18 Å². The standard InChI is InChI=1S/C18H18FNO4/c19-14-3-1-13(2-4-14)15-5-6-16(24-15)17(21)20-9-7-18(8-10-20)22-11-12-23-18/h1-6H,7-12H2. The predicted molar refractivity (Wildman–Crippen MR) is 83.9 cm³/mol. The minimum atomic E-state index is -0.501. The van der Waals surface area contributed by atoms with Crippen molar-refractivity contribution in [3.05, 3.63) is 48.0 Å². The maximum Gasteiger partial charge on any atom is 0.289 e. The van der Waals surface area contributed by atoms with E-state index in [1.54, 1.807) is 29.2 Å². The van der Waals surface area contributed by atoms with Crippen LogP contribution in [0.4, 0.5) is 4.39 Å². The highest BCUT2D eigenvalue weighted by Crippen LogP contribution is 2.32. The van der Waals surface area contributed by atoms with Crippen LogP contribution in [0.25, 0.3) is 11.3 Å². The van der Waals surface area contributed by atoms with Crippen molar-refractivity contribution in [2.45, 2.75) is 18.6 Å². The molecule has 0 aliphatic carbocycles. The normalized spacial score (nSPS) is 19.8. The van der Waals surface area contributed by atoms with Crippen molar-refractivity contribution in [3.8, 4) is 11.3 Å². The molecule has 5 nitrogen and oxygen atoms in total. The van der Waals surface area contributed by atoms with Crippen LogP contribution in [0.1, 0.15) is 23.4 Å². The Labute approximate surface area is 139 Å². The van der Waals surface area contributed by atoms with Crippen molar-refractivity contribution in [1.82, 2.24) is 4.90 Å². The summed E-state index contributed by atoms with van der Waals surface area (Å²) in [5, 5.41) is 0. The van der Waals surface area contributed by atoms with E-state index < -0.39 is 5.79 Å². The highest BCUT2D eigenvalue weighted by Gasteiger charge is 2.41. The van der Waals surface area contributed by atoms with Gasteiger partial charge in [0.05, 0.1) is 13.2 Å². The van der Waals surface area contributed by atoms with Gasteiger partial charge in [-0.05, 0) is 36.4 Å². The molecule has 0 radical (unpaired) electrons.